The van der Waals surface area contributed by atoms with E-state index in [1.165, 1.54) is 12.3 Å². The molecule has 0 saturated heterocycles. The first-order chi connectivity index (χ1) is 6.59. The summed E-state index contributed by atoms with van der Waals surface area (Å²) in [4.78, 5) is 3.84. The highest BCUT2D eigenvalue weighted by atomic mass is 35.5. The Labute approximate surface area is 108 Å². The molecule has 16 heavy (non-hydrogen) atoms. The van der Waals surface area contributed by atoms with E-state index in [4.69, 9.17) is 11.5 Å². The zero-order valence-corrected chi connectivity index (χ0v) is 10.8. The van der Waals surface area contributed by atoms with E-state index in [0.29, 0.717) is 12.0 Å². The molecular formula is C10H18Cl2FN3. The lowest BCUT2D eigenvalue weighted by Gasteiger charge is -2.05. The van der Waals surface area contributed by atoms with Crippen LogP contribution in [-0.2, 0) is 6.42 Å². The molecule has 0 saturated carbocycles. The van der Waals surface area contributed by atoms with E-state index in [1.807, 2.05) is 6.92 Å². The fraction of sp³-hybridized carbons (Fsp3) is 0.500. The molecule has 0 fully saturated rings. The van der Waals surface area contributed by atoms with E-state index in [0.717, 1.165) is 12.8 Å². The van der Waals surface area contributed by atoms with E-state index in [2.05, 4.69) is 4.98 Å². The molecule has 0 aromatic carbocycles. The average molecular weight is 270 g/mol. The van der Waals surface area contributed by atoms with Gasteiger partial charge < -0.3 is 11.5 Å². The van der Waals surface area contributed by atoms with Gasteiger partial charge in [0.05, 0.1) is 0 Å². The van der Waals surface area contributed by atoms with Gasteiger partial charge in [-0.25, -0.2) is 9.37 Å². The van der Waals surface area contributed by atoms with Crippen LogP contribution in [0.5, 0.6) is 0 Å². The van der Waals surface area contributed by atoms with Crippen LogP contribution in [0.25, 0.3) is 0 Å². The van der Waals surface area contributed by atoms with Crippen LogP contribution in [0.2, 0.25) is 0 Å². The quantitative estimate of drug-likeness (QED) is 0.882. The zero-order valence-electron chi connectivity index (χ0n) is 9.15. The summed E-state index contributed by atoms with van der Waals surface area (Å²) in [5.41, 5.74) is 11.5. The summed E-state index contributed by atoms with van der Waals surface area (Å²) in [5.74, 6) is -0.0550. The van der Waals surface area contributed by atoms with Crippen LogP contribution in [0.3, 0.4) is 0 Å². The zero-order chi connectivity index (χ0) is 10.6. The number of halogens is 3. The van der Waals surface area contributed by atoms with Crippen molar-refractivity contribution in [3.63, 3.8) is 0 Å². The second-order valence-corrected chi connectivity index (χ2v) is 3.57. The van der Waals surface area contributed by atoms with Gasteiger partial charge in [0.25, 0.3) is 0 Å². The van der Waals surface area contributed by atoms with Gasteiger partial charge in [-0.1, -0.05) is 0 Å². The molecule has 0 amide bonds. The van der Waals surface area contributed by atoms with Crippen LogP contribution in [0.15, 0.2) is 12.3 Å². The molecule has 0 bridgehead atoms. The number of hydrogen-bond acceptors (Lipinski definition) is 3. The van der Waals surface area contributed by atoms with Crippen LogP contribution < -0.4 is 11.5 Å². The van der Waals surface area contributed by atoms with Crippen molar-refractivity contribution in [2.75, 3.05) is 5.73 Å². The molecule has 1 rings (SSSR count). The van der Waals surface area contributed by atoms with Gasteiger partial charge in [0.2, 0.25) is 0 Å². The molecule has 3 nitrogen and oxygen atoms in total. The Bertz CT molecular complexity index is 308. The Morgan fingerprint density at radius 1 is 1.44 bits per heavy atom. The minimum Gasteiger partial charge on any atom is -0.384 e. The van der Waals surface area contributed by atoms with Crippen LogP contribution >= 0.6 is 24.8 Å². The molecule has 1 aromatic heterocycles. The van der Waals surface area contributed by atoms with Gasteiger partial charge in [0, 0.05) is 23.9 Å². The Kier molecular flexibility index (Phi) is 9.52. The molecule has 4 N–H and O–H groups in total. The average Bonchev–Trinajstić information content (AvgIpc) is 2.08. The number of rotatable bonds is 4. The van der Waals surface area contributed by atoms with Gasteiger partial charge in [0.15, 0.2) is 0 Å². The standard InChI is InChI=1S/C10H16FN3.2ClH/c1-7(12)3-2-4-8-6-14-10(13)5-9(8)11;;/h5-7H,2-4,12H2,1H3,(H2,13,14);2*1H/t7-;;/m0../s1. The van der Waals surface area contributed by atoms with Crippen molar-refractivity contribution in [1.29, 1.82) is 0 Å². The monoisotopic (exact) mass is 269 g/mol. The van der Waals surface area contributed by atoms with Gasteiger partial charge in [-0.2, -0.15) is 0 Å². The molecule has 1 heterocycles. The third kappa shape index (κ3) is 6.10. The van der Waals surface area contributed by atoms with Crippen LogP contribution in [0.1, 0.15) is 25.3 Å². The number of aromatic nitrogens is 1. The van der Waals surface area contributed by atoms with Crippen LogP contribution in [0, 0.1) is 5.82 Å². The predicted octanol–water partition coefficient (Wildman–Crippen LogP) is 2.32. The molecule has 1 aromatic rings. The molecule has 0 aliphatic rings. The number of hydrogen-bond donors (Lipinski definition) is 2. The lowest BCUT2D eigenvalue weighted by atomic mass is 10.1. The summed E-state index contributed by atoms with van der Waals surface area (Å²) in [6.07, 6.45) is 3.93. The molecule has 0 aliphatic carbocycles. The number of nitrogens with two attached hydrogens (primary N) is 2. The fourth-order valence-electron chi connectivity index (χ4n) is 1.27. The number of aryl methyl sites for hydroxylation is 1. The van der Waals surface area contributed by atoms with Gasteiger partial charge in [-0.15, -0.1) is 24.8 Å². The van der Waals surface area contributed by atoms with E-state index < -0.39 is 0 Å². The van der Waals surface area contributed by atoms with Gasteiger partial charge in [-0.3, -0.25) is 0 Å². The van der Waals surface area contributed by atoms with E-state index >= 15 is 0 Å². The van der Waals surface area contributed by atoms with E-state index in [1.54, 1.807) is 0 Å². The second kappa shape index (κ2) is 8.56. The highest BCUT2D eigenvalue weighted by molar-refractivity contribution is 5.85. The molecule has 94 valence electrons. The third-order valence-corrected chi connectivity index (χ3v) is 2.06. The van der Waals surface area contributed by atoms with Crippen LogP contribution in [0.4, 0.5) is 10.2 Å². The maximum absolute atomic E-state index is 13.2. The minimum absolute atomic E-state index is 0. The molecule has 0 unspecified atom stereocenters. The lowest BCUT2D eigenvalue weighted by molar-refractivity contribution is 0.581. The summed E-state index contributed by atoms with van der Waals surface area (Å²) in [7, 11) is 0. The van der Waals surface area contributed by atoms with E-state index in [9.17, 15) is 4.39 Å². The normalized spacial score (nSPS) is 11.2. The van der Waals surface area contributed by atoms with E-state index in [-0.39, 0.29) is 42.5 Å². The highest BCUT2D eigenvalue weighted by Crippen LogP contribution is 2.12. The maximum Gasteiger partial charge on any atom is 0.131 e. The number of nitrogens with zero attached hydrogens (tertiary/aromatic N) is 1. The van der Waals surface area contributed by atoms with Crippen molar-refractivity contribution in [1.82, 2.24) is 4.98 Å². The number of pyridine rings is 1. The number of nitrogen functional groups attached to an aromatic ring is 1. The van der Waals surface area contributed by atoms with Gasteiger partial charge in [0.1, 0.15) is 11.6 Å². The molecule has 0 aliphatic heterocycles. The van der Waals surface area contributed by atoms with Crippen molar-refractivity contribution in [2.24, 2.45) is 5.73 Å². The first kappa shape index (κ1) is 17.8. The summed E-state index contributed by atoms with van der Waals surface area (Å²) in [6.45, 7) is 1.94. The highest BCUT2D eigenvalue weighted by Gasteiger charge is 2.03. The molecular weight excluding hydrogens is 252 g/mol. The Morgan fingerprint density at radius 2 is 2.06 bits per heavy atom. The van der Waals surface area contributed by atoms with Crippen molar-refractivity contribution in [3.8, 4) is 0 Å². The second-order valence-electron chi connectivity index (χ2n) is 3.57. The Morgan fingerprint density at radius 3 is 2.56 bits per heavy atom. The SMILES string of the molecule is C[C@H](N)CCCc1cnc(N)cc1F.Cl.Cl. The molecule has 1 atom stereocenters. The maximum atomic E-state index is 13.2. The summed E-state index contributed by atoms with van der Waals surface area (Å²) in [5, 5.41) is 0. The summed E-state index contributed by atoms with van der Waals surface area (Å²) < 4.78 is 13.2. The molecule has 6 heteroatoms. The molecule has 0 spiro atoms. The topological polar surface area (TPSA) is 64.9 Å². The Balaban J connectivity index is 0. The fourth-order valence-corrected chi connectivity index (χ4v) is 1.27. The van der Waals surface area contributed by atoms with Crippen LogP contribution in [-0.4, -0.2) is 11.0 Å². The summed E-state index contributed by atoms with van der Waals surface area (Å²) >= 11 is 0. The Hall–Kier alpha value is -0.580. The predicted molar refractivity (Wildman–Crippen MR) is 69.7 cm³/mol. The van der Waals surface area contributed by atoms with Crippen molar-refractivity contribution < 1.29 is 4.39 Å². The largest absolute Gasteiger partial charge is 0.384 e. The number of anilines is 1. The molecule has 0 radical (unpaired) electrons. The summed E-state index contributed by atoms with van der Waals surface area (Å²) in [6, 6.07) is 1.42. The van der Waals surface area contributed by atoms with Crippen molar-refractivity contribution in [2.45, 2.75) is 32.2 Å². The lowest BCUT2D eigenvalue weighted by Crippen LogP contribution is -2.14. The van der Waals surface area contributed by atoms with Gasteiger partial charge >= 0.3 is 0 Å². The van der Waals surface area contributed by atoms with Gasteiger partial charge in [-0.05, 0) is 26.2 Å². The first-order valence-corrected chi connectivity index (χ1v) is 4.75. The van der Waals surface area contributed by atoms with Crippen molar-refractivity contribution >= 4 is 30.6 Å². The van der Waals surface area contributed by atoms with Crippen molar-refractivity contribution in [3.05, 3.63) is 23.6 Å². The minimum atomic E-state index is -0.276. The third-order valence-electron chi connectivity index (χ3n) is 2.06. The first-order valence-electron chi connectivity index (χ1n) is 4.75. The smallest absolute Gasteiger partial charge is 0.131 e.